The second kappa shape index (κ2) is 19.0. The molecule has 0 radical (unpaired) electrons. The lowest BCUT2D eigenvalue weighted by Crippen LogP contribution is -2.50. The Balaban J connectivity index is 0.00000229. The number of hydrogen-bond acceptors (Lipinski definition) is 5. The summed E-state index contributed by atoms with van der Waals surface area (Å²) in [5.41, 5.74) is 9.24. The van der Waals surface area contributed by atoms with Crippen LogP contribution in [0.3, 0.4) is 0 Å². The smallest absolute Gasteiger partial charge is 0.243 e. The van der Waals surface area contributed by atoms with Crippen LogP contribution in [0.2, 0.25) is 10.0 Å². The van der Waals surface area contributed by atoms with Crippen molar-refractivity contribution in [3.05, 3.63) is 69.2 Å². The number of amides is 2. The van der Waals surface area contributed by atoms with Gasteiger partial charge in [-0.15, -0.1) is 0 Å². The van der Waals surface area contributed by atoms with Crippen LogP contribution in [0.4, 0.5) is 0 Å². The average molecular weight is 569 g/mol. The van der Waals surface area contributed by atoms with Crippen LogP contribution in [-0.4, -0.2) is 42.2 Å². The predicted octanol–water partition coefficient (Wildman–Crippen LogP) is 5.16. The molecular weight excluding hydrogens is 525 g/mol. The second-order valence-electron chi connectivity index (χ2n) is 9.37. The van der Waals surface area contributed by atoms with Crippen LogP contribution >= 0.6 is 23.2 Å². The monoisotopic (exact) mass is 567 g/mol. The molecule has 2 aromatic rings. The van der Waals surface area contributed by atoms with E-state index in [1.807, 2.05) is 51.1 Å². The quantitative estimate of drug-likeness (QED) is 0.251. The molecule has 0 spiro atoms. The largest absolute Gasteiger partial charge is 0.397 e. The first-order valence-corrected chi connectivity index (χ1v) is 13.9. The molecular formula is C29H43Cl2N3O4. The highest BCUT2D eigenvalue weighted by Gasteiger charge is 2.25. The van der Waals surface area contributed by atoms with E-state index in [2.05, 4.69) is 10.6 Å². The molecule has 5 N–H and O–H groups in total. The fourth-order valence-electron chi connectivity index (χ4n) is 3.52. The summed E-state index contributed by atoms with van der Waals surface area (Å²) in [6.07, 6.45) is 2.34. The van der Waals surface area contributed by atoms with Crippen molar-refractivity contribution in [3.63, 3.8) is 0 Å². The van der Waals surface area contributed by atoms with Gasteiger partial charge in [0.15, 0.2) is 0 Å². The minimum absolute atomic E-state index is 0.0222. The molecule has 38 heavy (non-hydrogen) atoms. The van der Waals surface area contributed by atoms with E-state index >= 15 is 0 Å². The first-order chi connectivity index (χ1) is 18.1. The van der Waals surface area contributed by atoms with Gasteiger partial charge < -0.3 is 26.2 Å². The van der Waals surface area contributed by atoms with Gasteiger partial charge >= 0.3 is 0 Å². The lowest BCUT2D eigenvalue weighted by molar-refractivity contribution is -0.130. The molecule has 0 saturated carbocycles. The topological polar surface area (TPSA) is 114 Å². The number of nitrogens with one attached hydrogen (secondary N) is 2. The number of carbonyl (C=O) groups excluding carboxylic acids is 2. The summed E-state index contributed by atoms with van der Waals surface area (Å²) in [5, 5.41) is 14.4. The Morgan fingerprint density at radius 1 is 1.05 bits per heavy atom. The highest BCUT2D eigenvalue weighted by atomic mass is 35.5. The zero-order chi connectivity index (χ0) is 28.5. The molecule has 212 valence electrons. The summed E-state index contributed by atoms with van der Waals surface area (Å²) < 4.78 is 5.67. The van der Waals surface area contributed by atoms with Gasteiger partial charge in [0.1, 0.15) is 6.04 Å². The van der Waals surface area contributed by atoms with Gasteiger partial charge in [0.25, 0.3) is 0 Å². The predicted molar refractivity (Wildman–Crippen MR) is 155 cm³/mol. The van der Waals surface area contributed by atoms with Crippen molar-refractivity contribution >= 4 is 35.0 Å². The van der Waals surface area contributed by atoms with Crippen LogP contribution in [0.5, 0.6) is 0 Å². The first-order valence-electron chi connectivity index (χ1n) is 13.1. The lowest BCUT2D eigenvalue weighted by atomic mass is 9.97. The molecule has 9 heteroatoms. The number of carbonyl (C=O) groups is 2. The van der Waals surface area contributed by atoms with Gasteiger partial charge in [0.05, 0.1) is 23.3 Å². The average Bonchev–Trinajstić information content (AvgIpc) is 2.89. The third-order valence-electron chi connectivity index (χ3n) is 5.96. The second-order valence-corrected chi connectivity index (χ2v) is 10.2. The Morgan fingerprint density at radius 2 is 1.68 bits per heavy atom. The van der Waals surface area contributed by atoms with Crippen molar-refractivity contribution in [2.45, 2.75) is 78.6 Å². The van der Waals surface area contributed by atoms with Crippen molar-refractivity contribution in [2.75, 3.05) is 13.2 Å². The number of aliphatic hydroxyl groups excluding tert-OH is 1. The maximum atomic E-state index is 12.8. The number of hydrogen-bond donors (Lipinski definition) is 4. The van der Waals surface area contributed by atoms with Crippen LogP contribution < -0.4 is 16.4 Å². The van der Waals surface area contributed by atoms with E-state index in [-0.39, 0.29) is 30.4 Å². The molecule has 0 aliphatic rings. The van der Waals surface area contributed by atoms with E-state index in [9.17, 15) is 9.59 Å². The van der Waals surface area contributed by atoms with E-state index < -0.39 is 6.04 Å². The van der Waals surface area contributed by atoms with E-state index in [1.165, 1.54) is 5.56 Å². The van der Waals surface area contributed by atoms with Gasteiger partial charge in [0.2, 0.25) is 11.8 Å². The molecule has 0 bridgehead atoms. The number of ether oxygens (including phenoxy) is 1. The molecule has 2 rings (SSSR count). The molecule has 0 saturated heterocycles. The Hall–Kier alpha value is -2.16. The number of halogens is 2. The Bertz CT molecular complexity index is 973. The maximum Gasteiger partial charge on any atom is 0.243 e. The molecule has 2 amide bonds. The maximum absolute atomic E-state index is 12.8. The summed E-state index contributed by atoms with van der Waals surface area (Å²) in [5.74, 6) is -0.292. The summed E-state index contributed by atoms with van der Waals surface area (Å²) in [6, 6.07) is 12.6. The summed E-state index contributed by atoms with van der Waals surface area (Å²) in [4.78, 5) is 25.3. The highest BCUT2D eigenvalue weighted by Crippen LogP contribution is 2.23. The Labute approximate surface area is 237 Å². The number of aliphatic hydroxyl groups is 1. The van der Waals surface area contributed by atoms with Crippen LogP contribution in [0, 0.1) is 12.8 Å². The number of rotatable bonds is 14. The van der Waals surface area contributed by atoms with Gasteiger partial charge in [-0.3, -0.25) is 9.59 Å². The van der Waals surface area contributed by atoms with Gasteiger partial charge in [-0.2, -0.15) is 0 Å². The van der Waals surface area contributed by atoms with Gasteiger partial charge in [-0.05, 0) is 55.9 Å². The third-order valence-corrected chi connectivity index (χ3v) is 6.70. The van der Waals surface area contributed by atoms with Crippen molar-refractivity contribution in [2.24, 2.45) is 11.7 Å². The minimum atomic E-state index is -0.568. The summed E-state index contributed by atoms with van der Waals surface area (Å²) >= 11 is 11.9. The van der Waals surface area contributed by atoms with Crippen LogP contribution in [0.25, 0.3) is 0 Å². The molecule has 0 aliphatic carbocycles. The van der Waals surface area contributed by atoms with E-state index in [0.29, 0.717) is 49.1 Å². The van der Waals surface area contributed by atoms with Crippen molar-refractivity contribution in [3.8, 4) is 0 Å². The molecule has 7 nitrogen and oxygen atoms in total. The van der Waals surface area contributed by atoms with Crippen LogP contribution in [-0.2, 0) is 27.5 Å². The van der Waals surface area contributed by atoms with Crippen molar-refractivity contribution in [1.29, 1.82) is 0 Å². The van der Waals surface area contributed by atoms with Gasteiger partial charge in [-0.25, -0.2) is 0 Å². The lowest BCUT2D eigenvalue weighted by Gasteiger charge is -2.24. The molecule has 2 aromatic carbocycles. The third kappa shape index (κ3) is 13.6. The molecule has 3 atom stereocenters. The SMILES string of the molecule is CCO.CC[C@H](C)C(NC(=O)CCCC(N)COCc1ccc(Cl)c(Cl)c1)C(=O)NCc1ccc(C)cc1. The number of nitrogens with two attached hydrogens (primary N) is 1. The molecule has 0 heterocycles. The highest BCUT2D eigenvalue weighted by molar-refractivity contribution is 6.42. The number of benzene rings is 2. The molecule has 2 unspecified atom stereocenters. The fraction of sp³-hybridized carbons (Fsp3) is 0.517. The van der Waals surface area contributed by atoms with Crippen LogP contribution in [0.1, 0.15) is 63.1 Å². The zero-order valence-corrected chi connectivity index (χ0v) is 24.4. The Morgan fingerprint density at radius 3 is 2.29 bits per heavy atom. The van der Waals surface area contributed by atoms with E-state index in [0.717, 1.165) is 17.5 Å². The minimum Gasteiger partial charge on any atom is -0.397 e. The fourth-order valence-corrected chi connectivity index (χ4v) is 3.84. The van der Waals surface area contributed by atoms with Gasteiger partial charge in [0, 0.05) is 25.6 Å². The van der Waals surface area contributed by atoms with Crippen molar-refractivity contribution in [1.82, 2.24) is 10.6 Å². The van der Waals surface area contributed by atoms with E-state index in [1.54, 1.807) is 19.1 Å². The number of aryl methyl sites for hydroxylation is 1. The molecule has 0 aliphatic heterocycles. The van der Waals surface area contributed by atoms with E-state index in [4.69, 9.17) is 38.8 Å². The first kappa shape index (κ1) is 33.9. The summed E-state index contributed by atoms with van der Waals surface area (Å²) in [6.45, 7) is 9.12. The molecule has 0 aromatic heterocycles. The Kier molecular flexibility index (Phi) is 16.9. The standard InChI is InChI=1S/C27H37Cl2N3O3.C2H6O/c1-4-19(3)26(27(34)31-15-20-10-8-18(2)9-11-20)32-25(33)7-5-6-22(30)17-35-16-21-12-13-23(28)24(29)14-21;1-2-3/h8-14,19,22,26H,4-7,15-17,30H2,1-3H3,(H,31,34)(H,32,33);3H,2H2,1H3/t19-,22?,26?;/m0./s1. The van der Waals surface area contributed by atoms with Crippen LogP contribution in [0.15, 0.2) is 42.5 Å². The summed E-state index contributed by atoms with van der Waals surface area (Å²) in [7, 11) is 0. The zero-order valence-electron chi connectivity index (χ0n) is 22.9. The molecule has 0 fully saturated rings. The van der Waals surface area contributed by atoms with Gasteiger partial charge in [-0.1, -0.05) is 79.4 Å². The van der Waals surface area contributed by atoms with Crippen molar-refractivity contribution < 1.29 is 19.4 Å². The normalized spacial score (nSPS) is 13.1.